The fourth-order valence-corrected chi connectivity index (χ4v) is 2.43. The van der Waals surface area contributed by atoms with Crippen molar-refractivity contribution in [2.45, 2.75) is 6.42 Å². The summed E-state index contributed by atoms with van der Waals surface area (Å²) in [4.78, 5) is 18.5. The van der Waals surface area contributed by atoms with Gasteiger partial charge in [0.1, 0.15) is 0 Å². The zero-order valence-corrected chi connectivity index (χ0v) is 16.8. The maximum Gasteiger partial charge on any atom is 0.251 e. The highest BCUT2D eigenvalue weighted by atomic mass is 127. The Labute approximate surface area is 166 Å². The Morgan fingerprint density at radius 2 is 1.84 bits per heavy atom. The van der Waals surface area contributed by atoms with E-state index in [1.54, 1.807) is 12.1 Å². The summed E-state index contributed by atoms with van der Waals surface area (Å²) in [6, 6.07) is 9.14. The zero-order valence-electron chi connectivity index (χ0n) is 14.4. The summed E-state index contributed by atoms with van der Waals surface area (Å²) in [5, 5.41) is 5.84. The lowest BCUT2D eigenvalue weighted by atomic mass is 10.2. The fraction of sp³-hybridized carbons (Fsp3) is 0.529. The number of guanidine groups is 1. The van der Waals surface area contributed by atoms with Crippen LogP contribution in [-0.4, -0.2) is 69.2 Å². The Bertz CT molecular complexity index is 521. The first-order chi connectivity index (χ1) is 11.8. The highest BCUT2D eigenvalue weighted by Crippen LogP contribution is 1.98. The second-order valence-electron chi connectivity index (χ2n) is 5.62. The molecule has 0 unspecified atom stereocenters. The lowest BCUT2D eigenvalue weighted by Gasteiger charge is -2.26. The molecule has 0 aliphatic carbocycles. The first-order valence-electron chi connectivity index (χ1n) is 8.43. The number of aliphatic imine (C=N–C) groups is 1. The number of carbonyl (C=O) groups excluding carboxylic acids is 1. The summed E-state index contributed by atoms with van der Waals surface area (Å²) < 4.78 is 5.32. The topological polar surface area (TPSA) is 92.0 Å². The van der Waals surface area contributed by atoms with Crippen LogP contribution in [0.15, 0.2) is 35.3 Å². The summed E-state index contributed by atoms with van der Waals surface area (Å²) in [6.07, 6.45) is 0.979. The fourth-order valence-electron chi connectivity index (χ4n) is 2.43. The maximum absolute atomic E-state index is 11.8. The number of halogens is 1. The Kier molecular flexibility index (Phi) is 11.2. The Morgan fingerprint density at radius 1 is 1.16 bits per heavy atom. The second-order valence-corrected chi connectivity index (χ2v) is 5.62. The van der Waals surface area contributed by atoms with Crippen molar-refractivity contribution in [1.29, 1.82) is 0 Å². The number of benzene rings is 1. The van der Waals surface area contributed by atoms with Crippen molar-refractivity contribution < 1.29 is 9.53 Å². The van der Waals surface area contributed by atoms with E-state index >= 15 is 0 Å². The highest BCUT2D eigenvalue weighted by Gasteiger charge is 2.08. The van der Waals surface area contributed by atoms with Gasteiger partial charge in [-0.2, -0.15) is 0 Å². The van der Waals surface area contributed by atoms with Gasteiger partial charge in [-0.15, -0.1) is 24.0 Å². The third-order valence-electron chi connectivity index (χ3n) is 3.77. The first-order valence-corrected chi connectivity index (χ1v) is 8.43. The molecule has 1 aromatic carbocycles. The predicted octanol–water partition coefficient (Wildman–Crippen LogP) is 0.661. The molecule has 1 amide bonds. The van der Waals surface area contributed by atoms with Crippen molar-refractivity contribution in [2.24, 2.45) is 10.7 Å². The van der Waals surface area contributed by atoms with Crippen LogP contribution in [0.5, 0.6) is 0 Å². The van der Waals surface area contributed by atoms with E-state index in [0.717, 1.165) is 39.3 Å². The average Bonchev–Trinajstić information content (AvgIpc) is 2.64. The summed E-state index contributed by atoms with van der Waals surface area (Å²) >= 11 is 0. The van der Waals surface area contributed by atoms with Crippen molar-refractivity contribution in [3.8, 4) is 0 Å². The molecule has 2 rings (SSSR count). The number of hydrogen-bond acceptors (Lipinski definition) is 4. The van der Waals surface area contributed by atoms with Gasteiger partial charge >= 0.3 is 0 Å². The molecule has 0 bridgehead atoms. The third-order valence-corrected chi connectivity index (χ3v) is 3.77. The lowest BCUT2D eigenvalue weighted by Crippen LogP contribution is -2.39. The van der Waals surface area contributed by atoms with Crippen molar-refractivity contribution >= 4 is 35.8 Å². The van der Waals surface area contributed by atoms with Gasteiger partial charge in [0.15, 0.2) is 5.96 Å². The predicted molar refractivity (Wildman–Crippen MR) is 111 cm³/mol. The van der Waals surface area contributed by atoms with E-state index in [4.69, 9.17) is 10.5 Å². The Hall–Kier alpha value is -1.39. The van der Waals surface area contributed by atoms with Gasteiger partial charge < -0.3 is 21.1 Å². The molecule has 4 N–H and O–H groups in total. The highest BCUT2D eigenvalue weighted by molar-refractivity contribution is 14.0. The molecule has 1 aromatic rings. The van der Waals surface area contributed by atoms with Crippen molar-refractivity contribution in [3.05, 3.63) is 35.9 Å². The smallest absolute Gasteiger partial charge is 0.251 e. The van der Waals surface area contributed by atoms with E-state index in [1.807, 2.05) is 18.2 Å². The molecule has 1 aliphatic rings. The number of nitrogens with one attached hydrogen (secondary N) is 2. The van der Waals surface area contributed by atoms with Gasteiger partial charge in [0, 0.05) is 44.8 Å². The van der Waals surface area contributed by atoms with Gasteiger partial charge in [0.05, 0.1) is 13.2 Å². The minimum absolute atomic E-state index is 0. The Morgan fingerprint density at radius 3 is 2.56 bits per heavy atom. The van der Waals surface area contributed by atoms with E-state index in [9.17, 15) is 4.79 Å². The maximum atomic E-state index is 11.8. The summed E-state index contributed by atoms with van der Waals surface area (Å²) in [7, 11) is 0. The van der Waals surface area contributed by atoms with Gasteiger partial charge in [-0.1, -0.05) is 18.2 Å². The molecule has 0 saturated carbocycles. The quantitative estimate of drug-likeness (QED) is 0.229. The SMILES string of the molecule is I.NC(=NCCCN1CCOCC1)NCCNC(=O)c1ccccc1. The average molecular weight is 461 g/mol. The van der Waals surface area contributed by atoms with Crippen LogP contribution in [0, 0.1) is 0 Å². The standard InChI is InChI=1S/C17H27N5O2.HI/c18-17(20-7-4-10-22-11-13-24-14-12-22)21-9-8-19-16(23)15-5-2-1-3-6-15;/h1-3,5-6H,4,7-14H2,(H,19,23)(H3,18,20,21);1H. The first kappa shape index (κ1) is 21.7. The van der Waals surface area contributed by atoms with E-state index in [-0.39, 0.29) is 29.9 Å². The number of morpholine rings is 1. The normalized spacial score (nSPS) is 15.3. The van der Waals surface area contributed by atoms with Crippen molar-refractivity contribution in [2.75, 3.05) is 52.5 Å². The van der Waals surface area contributed by atoms with Crippen LogP contribution in [0.1, 0.15) is 16.8 Å². The van der Waals surface area contributed by atoms with Crippen LogP contribution < -0.4 is 16.4 Å². The van der Waals surface area contributed by atoms with Gasteiger partial charge in [0.2, 0.25) is 0 Å². The minimum Gasteiger partial charge on any atom is -0.379 e. The van der Waals surface area contributed by atoms with E-state index in [0.29, 0.717) is 31.2 Å². The van der Waals surface area contributed by atoms with Crippen LogP contribution in [0.4, 0.5) is 0 Å². The molecular formula is C17H28IN5O2. The van der Waals surface area contributed by atoms with Crippen LogP contribution >= 0.6 is 24.0 Å². The number of rotatable bonds is 8. The Balaban J connectivity index is 0.00000312. The van der Waals surface area contributed by atoms with Gasteiger partial charge in [0.25, 0.3) is 5.91 Å². The molecule has 7 nitrogen and oxygen atoms in total. The molecule has 0 radical (unpaired) electrons. The van der Waals surface area contributed by atoms with E-state index in [2.05, 4.69) is 20.5 Å². The molecule has 0 atom stereocenters. The summed E-state index contributed by atoms with van der Waals surface area (Å²) in [5.41, 5.74) is 6.47. The van der Waals surface area contributed by atoms with Crippen LogP contribution in [0.25, 0.3) is 0 Å². The number of nitrogens with two attached hydrogens (primary N) is 1. The monoisotopic (exact) mass is 461 g/mol. The van der Waals surface area contributed by atoms with Gasteiger partial charge in [-0.05, 0) is 18.6 Å². The van der Waals surface area contributed by atoms with Gasteiger partial charge in [-0.3, -0.25) is 14.7 Å². The number of ether oxygens (including phenoxy) is 1. The summed E-state index contributed by atoms with van der Waals surface area (Å²) in [6.45, 7) is 6.41. The minimum atomic E-state index is -0.0848. The molecule has 1 heterocycles. The molecule has 140 valence electrons. The lowest BCUT2D eigenvalue weighted by molar-refractivity contribution is 0.0377. The molecule has 1 fully saturated rings. The van der Waals surface area contributed by atoms with E-state index < -0.39 is 0 Å². The summed E-state index contributed by atoms with van der Waals surface area (Å²) in [5.74, 6) is 0.337. The van der Waals surface area contributed by atoms with Crippen molar-refractivity contribution in [1.82, 2.24) is 15.5 Å². The molecule has 1 aliphatic heterocycles. The molecule has 0 spiro atoms. The number of amides is 1. The molecule has 8 heteroatoms. The largest absolute Gasteiger partial charge is 0.379 e. The van der Waals surface area contributed by atoms with Crippen LogP contribution in [-0.2, 0) is 4.74 Å². The number of hydrogen-bond donors (Lipinski definition) is 3. The van der Waals surface area contributed by atoms with E-state index in [1.165, 1.54) is 0 Å². The number of carbonyl (C=O) groups is 1. The zero-order chi connectivity index (χ0) is 17.0. The van der Waals surface area contributed by atoms with Crippen molar-refractivity contribution in [3.63, 3.8) is 0 Å². The van der Waals surface area contributed by atoms with Crippen LogP contribution in [0.3, 0.4) is 0 Å². The molecule has 0 aromatic heterocycles. The third kappa shape index (κ3) is 9.03. The molecular weight excluding hydrogens is 433 g/mol. The molecule has 25 heavy (non-hydrogen) atoms. The molecule has 1 saturated heterocycles. The number of nitrogens with zero attached hydrogens (tertiary/aromatic N) is 2. The van der Waals surface area contributed by atoms with Gasteiger partial charge in [-0.25, -0.2) is 0 Å². The van der Waals surface area contributed by atoms with Crippen LogP contribution in [0.2, 0.25) is 0 Å². The second kappa shape index (κ2) is 12.9.